The minimum Gasteiger partial charge on any atom is -0.244 e. The van der Waals surface area contributed by atoms with E-state index in [2.05, 4.69) is 11.9 Å². The summed E-state index contributed by atoms with van der Waals surface area (Å²) in [5.74, 6) is 0.821. The molecule has 1 aromatic heterocycles. The lowest BCUT2D eigenvalue weighted by atomic mass is 10.3. The number of nitriles is 1. The fraction of sp³-hybridized carbons (Fsp3) is 0.500. The van der Waals surface area contributed by atoms with Crippen LogP contribution in [0, 0.1) is 11.3 Å². The van der Waals surface area contributed by atoms with Crippen LogP contribution in [0.1, 0.15) is 19.0 Å². The van der Waals surface area contributed by atoms with Gasteiger partial charge in [-0.3, -0.25) is 0 Å². The first-order valence-corrected chi connectivity index (χ1v) is 8.54. The molecule has 1 aromatic rings. The van der Waals surface area contributed by atoms with Crippen molar-refractivity contribution in [2.45, 2.75) is 23.5 Å². The Morgan fingerprint density at radius 3 is 2.95 bits per heavy atom. The van der Waals surface area contributed by atoms with Gasteiger partial charge in [0.25, 0.3) is 0 Å². The summed E-state index contributed by atoms with van der Waals surface area (Å²) in [5, 5.41) is 9.03. The van der Waals surface area contributed by atoms with Gasteiger partial charge in [-0.2, -0.15) is 21.3 Å². The highest BCUT2D eigenvalue weighted by atomic mass is 32.2. The van der Waals surface area contributed by atoms with E-state index in [0.717, 1.165) is 12.2 Å². The van der Waals surface area contributed by atoms with Crippen molar-refractivity contribution in [3.63, 3.8) is 0 Å². The summed E-state index contributed by atoms with van der Waals surface area (Å²) in [7, 11) is -3.48. The normalized spacial score (nSPS) is 20.9. The largest absolute Gasteiger partial charge is 0.244 e. The number of rotatable bonds is 3. The van der Waals surface area contributed by atoms with Crippen molar-refractivity contribution in [2.24, 2.45) is 0 Å². The third kappa shape index (κ3) is 3.08. The molecule has 0 aliphatic carbocycles. The Bertz CT molecular complexity index is 578. The second-order valence-electron chi connectivity index (χ2n) is 4.26. The highest BCUT2D eigenvalue weighted by molar-refractivity contribution is 8.00. The molecular formula is C12H15N3O2S2. The monoisotopic (exact) mass is 297 g/mol. The predicted octanol–water partition coefficient (Wildman–Crippen LogP) is 1.47. The summed E-state index contributed by atoms with van der Waals surface area (Å²) in [6, 6.07) is 4.76. The van der Waals surface area contributed by atoms with Crippen molar-refractivity contribution in [3.8, 4) is 6.07 Å². The van der Waals surface area contributed by atoms with Crippen LogP contribution in [0.25, 0.3) is 0 Å². The van der Waals surface area contributed by atoms with E-state index < -0.39 is 10.0 Å². The van der Waals surface area contributed by atoms with Crippen LogP contribution in [0.3, 0.4) is 0 Å². The van der Waals surface area contributed by atoms with E-state index in [-0.39, 0.29) is 10.6 Å². The van der Waals surface area contributed by atoms with Crippen LogP contribution in [-0.4, -0.2) is 41.8 Å². The Kier molecular flexibility index (Phi) is 4.45. The van der Waals surface area contributed by atoms with Crippen LogP contribution in [0.5, 0.6) is 0 Å². The van der Waals surface area contributed by atoms with E-state index in [1.165, 1.54) is 22.6 Å². The van der Waals surface area contributed by atoms with Gasteiger partial charge in [0.15, 0.2) is 0 Å². The lowest BCUT2D eigenvalue weighted by molar-refractivity contribution is 0.416. The topological polar surface area (TPSA) is 74.1 Å². The van der Waals surface area contributed by atoms with E-state index in [4.69, 9.17) is 5.26 Å². The van der Waals surface area contributed by atoms with Crippen LogP contribution in [0.2, 0.25) is 0 Å². The molecule has 1 saturated heterocycles. The summed E-state index contributed by atoms with van der Waals surface area (Å²) in [5.41, 5.74) is 0.222. The molecule has 102 valence electrons. The zero-order valence-electron chi connectivity index (χ0n) is 10.6. The van der Waals surface area contributed by atoms with Gasteiger partial charge < -0.3 is 0 Å². The molecule has 1 fully saturated rings. The smallest absolute Gasteiger partial charge is 0.244 e. The highest BCUT2D eigenvalue weighted by Gasteiger charge is 2.30. The van der Waals surface area contributed by atoms with Crippen LogP contribution in [0.4, 0.5) is 0 Å². The van der Waals surface area contributed by atoms with Crippen molar-refractivity contribution >= 4 is 21.8 Å². The highest BCUT2D eigenvalue weighted by Crippen LogP contribution is 2.25. The van der Waals surface area contributed by atoms with Crippen molar-refractivity contribution in [1.29, 1.82) is 5.26 Å². The minimum atomic E-state index is -3.48. The number of thioether (sulfide) groups is 1. The molecule has 1 unspecified atom stereocenters. The summed E-state index contributed by atoms with van der Waals surface area (Å²) >= 11 is 1.82. The van der Waals surface area contributed by atoms with Crippen LogP contribution >= 0.6 is 11.8 Å². The van der Waals surface area contributed by atoms with Gasteiger partial charge in [-0.25, -0.2) is 13.4 Å². The first-order valence-electron chi connectivity index (χ1n) is 6.06. The number of hydrogen-bond donors (Lipinski definition) is 0. The molecule has 0 bridgehead atoms. The van der Waals surface area contributed by atoms with Gasteiger partial charge in [0.2, 0.25) is 10.0 Å². The molecule has 2 rings (SSSR count). The molecule has 19 heavy (non-hydrogen) atoms. The molecule has 0 aromatic carbocycles. The van der Waals surface area contributed by atoms with Gasteiger partial charge in [0.05, 0.1) is 0 Å². The van der Waals surface area contributed by atoms with Crippen molar-refractivity contribution in [1.82, 2.24) is 9.29 Å². The van der Waals surface area contributed by atoms with Gasteiger partial charge in [0.1, 0.15) is 16.7 Å². The number of sulfonamides is 1. The summed E-state index contributed by atoms with van der Waals surface area (Å²) in [6.07, 6.45) is 2.22. The van der Waals surface area contributed by atoms with E-state index in [1.807, 2.05) is 17.8 Å². The first-order chi connectivity index (χ1) is 9.07. The Balaban J connectivity index is 2.23. The van der Waals surface area contributed by atoms with Crippen LogP contribution < -0.4 is 0 Å². The zero-order chi connectivity index (χ0) is 13.9. The maximum absolute atomic E-state index is 12.4. The molecule has 7 heteroatoms. The fourth-order valence-electron chi connectivity index (χ4n) is 1.91. The second kappa shape index (κ2) is 5.90. The number of pyridine rings is 1. The quantitative estimate of drug-likeness (QED) is 0.844. The van der Waals surface area contributed by atoms with Gasteiger partial charge >= 0.3 is 0 Å². The van der Waals surface area contributed by atoms with Crippen LogP contribution in [0.15, 0.2) is 23.2 Å². The standard InChI is InChI=1S/C12H15N3O2S2/c1-2-11-9-15(5-6-18-11)19(16,17)12-4-3-10(7-13)14-8-12/h3-4,8,11H,2,5-6,9H2,1H3. The maximum atomic E-state index is 12.4. The third-order valence-electron chi connectivity index (χ3n) is 3.05. The molecule has 1 aliphatic heterocycles. The van der Waals surface area contributed by atoms with E-state index in [1.54, 1.807) is 0 Å². The maximum Gasteiger partial charge on any atom is 0.244 e. The van der Waals surface area contributed by atoms with E-state index in [0.29, 0.717) is 18.3 Å². The average Bonchev–Trinajstić information content (AvgIpc) is 2.47. The molecule has 0 spiro atoms. The molecule has 1 aliphatic rings. The summed E-state index contributed by atoms with van der Waals surface area (Å²) < 4.78 is 26.4. The lowest BCUT2D eigenvalue weighted by Gasteiger charge is -2.30. The molecule has 0 N–H and O–H groups in total. The Labute approximate surface area is 117 Å². The number of nitrogens with zero attached hydrogens (tertiary/aromatic N) is 3. The molecule has 1 atom stereocenters. The summed E-state index contributed by atoms with van der Waals surface area (Å²) in [6.45, 7) is 3.14. The molecule has 0 amide bonds. The molecule has 5 nitrogen and oxygen atoms in total. The predicted molar refractivity (Wildman–Crippen MR) is 74.2 cm³/mol. The fourth-order valence-corrected chi connectivity index (χ4v) is 4.73. The molecular weight excluding hydrogens is 282 g/mol. The Hall–Kier alpha value is -1.10. The van der Waals surface area contributed by atoms with Gasteiger partial charge in [-0.05, 0) is 18.6 Å². The molecule has 0 saturated carbocycles. The molecule has 0 radical (unpaired) electrons. The van der Waals surface area contributed by atoms with Crippen LogP contribution in [-0.2, 0) is 10.0 Å². The van der Waals surface area contributed by atoms with Gasteiger partial charge in [-0.1, -0.05) is 6.92 Å². The second-order valence-corrected chi connectivity index (χ2v) is 7.60. The van der Waals surface area contributed by atoms with Gasteiger partial charge in [-0.15, -0.1) is 0 Å². The number of aromatic nitrogens is 1. The average molecular weight is 297 g/mol. The van der Waals surface area contributed by atoms with E-state index in [9.17, 15) is 8.42 Å². The Morgan fingerprint density at radius 2 is 2.37 bits per heavy atom. The van der Waals surface area contributed by atoms with Crippen molar-refractivity contribution in [2.75, 3.05) is 18.8 Å². The Morgan fingerprint density at radius 1 is 1.58 bits per heavy atom. The third-order valence-corrected chi connectivity index (χ3v) is 6.27. The zero-order valence-corrected chi connectivity index (χ0v) is 12.2. The number of hydrogen-bond acceptors (Lipinski definition) is 5. The van der Waals surface area contributed by atoms with E-state index >= 15 is 0 Å². The first kappa shape index (κ1) is 14.3. The summed E-state index contributed by atoms with van der Waals surface area (Å²) in [4.78, 5) is 3.99. The van der Waals surface area contributed by atoms with Crippen molar-refractivity contribution in [3.05, 3.63) is 24.0 Å². The molecule has 2 heterocycles. The van der Waals surface area contributed by atoms with Crippen molar-refractivity contribution < 1.29 is 8.42 Å². The SMILES string of the molecule is CCC1CN(S(=O)(=O)c2ccc(C#N)nc2)CCS1. The lowest BCUT2D eigenvalue weighted by Crippen LogP contribution is -2.41. The van der Waals surface area contributed by atoms with Gasteiger partial charge in [0, 0.05) is 30.3 Å². The minimum absolute atomic E-state index is 0.160.